The van der Waals surface area contributed by atoms with E-state index in [0.29, 0.717) is 0 Å². The second-order valence-electron chi connectivity index (χ2n) is 3.19. The van der Waals surface area contributed by atoms with Gasteiger partial charge in [0, 0.05) is 5.56 Å². The van der Waals surface area contributed by atoms with Crippen LogP contribution in [0.1, 0.15) is 5.56 Å². The van der Waals surface area contributed by atoms with Crippen LogP contribution in [0.15, 0.2) is 24.3 Å². The van der Waals surface area contributed by atoms with Crippen LogP contribution in [-0.4, -0.2) is 24.4 Å². The van der Waals surface area contributed by atoms with Gasteiger partial charge in [-0.25, -0.2) is 9.18 Å². The molecule has 1 N–H and O–H groups in total. The molecule has 17 heavy (non-hydrogen) atoms. The van der Waals surface area contributed by atoms with E-state index in [2.05, 4.69) is 4.74 Å². The summed E-state index contributed by atoms with van der Waals surface area (Å²) in [5, 5.41) is 8.42. The highest BCUT2D eigenvalue weighted by molar-refractivity contribution is 5.80. The van der Waals surface area contributed by atoms with E-state index in [0.717, 1.165) is 24.3 Å². The van der Waals surface area contributed by atoms with Crippen molar-refractivity contribution in [2.75, 3.05) is 7.11 Å². The summed E-state index contributed by atoms with van der Waals surface area (Å²) in [5.74, 6) is -2.40. The van der Waals surface area contributed by atoms with Gasteiger partial charge in [0.05, 0.1) is 7.11 Å². The summed E-state index contributed by atoms with van der Waals surface area (Å²) in [6, 6.07) is 3.55. The van der Waals surface area contributed by atoms with Gasteiger partial charge in [-0.05, 0) is 12.1 Å². The Morgan fingerprint density at radius 2 is 1.65 bits per heavy atom. The molecule has 0 heterocycles. The lowest BCUT2D eigenvalue weighted by molar-refractivity contribution is -0.240. The summed E-state index contributed by atoms with van der Waals surface area (Å²) in [4.78, 5) is 10.5. The Bertz CT molecular complexity index is 413. The van der Waals surface area contributed by atoms with Gasteiger partial charge in [0.1, 0.15) is 5.75 Å². The molecular weight excluding hydrogens is 244 g/mol. The van der Waals surface area contributed by atoms with E-state index >= 15 is 0 Å². The molecule has 1 aromatic carbocycles. The van der Waals surface area contributed by atoms with Crippen molar-refractivity contribution < 1.29 is 32.2 Å². The molecule has 0 radical (unpaired) electrons. The summed E-state index contributed by atoms with van der Waals surface area (Å²) in [5.41, 5.74) is -5.42. The molecule has 7 heteroatoms. The van der Waals surface area contributed by atoms with Crippen LogP contribution in [0.25, 0.3) is 0 Å². The Morgan fingerprint density at radius 3 is 1.94 bits per heavy atom. The Morgan fingerprint density at radius 1 is 1.18 bits per heavy atom. The van der Waals surface area contributed by atoms with Crippen molar-refractivity contribution in [3.05, 3.63) is 29.8 Å². The minimum atomic E-state index is -5.53. The first-order valence-corrected chi connectivity index (χ1v) is 4.37. The molecule has 0 spiro atoms. The Labute approximate surface area is 93.6 Å². The van der Waals surface area contributed by atoms with E-state index < -0.39 is 23.4 Å². The first-order valence-electron chi connectivity index (χ1n) is 4.37. The fourth-order valence-corrected chi connectivity index (χ4v) is 1.23. The molecule has 1 rings (SSSR count). The quantitative estimate of drug-likeness (QED) is 0.841. The lowest BCUT2D eigenvalue weighted by Crippen LogP contribution is -2.45. The van der Waals surface area contributed by atoms with Gasteiger partial charge in [-0.2, -0.15) is 13.2 Å². The van der Waals surface area contributed by atoms with Gasteiger partial charge in [-0.1, -0.05) is 12.1 Å². The van der Waals surface area contributed by atoms with Crippen molar-refractivity contribution in [2.24, 2.45) is 0 Å². The molecule has 0 amide bonds. The number of alkyl halides is 4. The highest BCUT2D eigenvalue weighted by Crippen LogP contribution is 2.43. The van der Waals surface area contributed by atoms with Crippen molar-refractivity contribution in [3.8, 4) is 5.75 Å². The molecule has 1 aromatic rings. The van der Waals surface area contributed by atoms with Gasteiger partial charge >= 0.3 is 17.8 Å². The van der Waals surface area contributed by atoms with Crippen LogP contribution in [0.3, 0.4) is 0 Å². The third kappa shape index (κ3) is 2.17. The maximum absolute atomic E-state index is 13.6. The zero-order valence-corrected chi connectivity index (χ0v) is 8.58. The van der Waals surface area contributed by atoms with Crippen LogP contribution in [0.5, 0.6) is 5.75 Å². The molecule has 3 nitrogen and oxygen atoms in total. The smallest absolute Gasteiger partial charge is 0.437 e. The lowest BCUT2D eigenvalue weighted by atomic mass is 9.95. The minimum absolute atomic E-state index is 0.198. The van der Waals surface area contributed by atoms with Gasteiger partial charge in [-0.3, -0.25) is 0 Å². The Hall–Kier alpha value is -1.79. The van der Waals surface area contributed by atoms with Crippen LogP contribution >= 0.6 is 0 Å². The maximum Gasteiger partial charge on any atom is 0.437 e. The number of halogens is 4. The third-order valence-electron chi connectivity index (χ3n) is 2.17. The molecule has 0 aliphatic rings. The molecule has 0 bridgehead atoms. The number of carboxylic acid groups (broad SMARTS) is 1. The largest absolute Gasteiger partial charge is 0.497 e. The molecule has 1 atom stereocenters. The molecule has 94 valence electrons. The van der Waals surface area contributed by atoms with E-state index in [1.54, 1.807) is 0 Å². The number of methoxy groups -OCH3 is 1. The number of ether oxygens (including phenoxy) is 1. The number of aliphatic carboxylic acids is 1. The molecule has 0 aliphatic heterocycles. The summed E-state index contributed by atoms with van der Waals surface area (Å²) in [6.45, 7) is 0. The maximum atomic E-state index is 13.6. The Balaban J connectivity index is 3.29. The number of carboxylic acids is 1. The molecule has 0 aliphatic carbocycles. The SMILES string of the molecule is COc1ccc(C(F)(C(=O)O)C(F)(F)F)cc1. The standard InChI is InChI=1S/C10H8F4O3/c1-17-7-4-2-6(3-5-7)9(11,8(15)16)10(12,13)14/h2-5H,1H3,(H,15,16). The number of benzene rings is 1. The van der Waals surface area contributed by atoms with E-state index in [1.807, 2.05) is 0 Å². The number of carbonyl (C=O) groups is 1. The van der Waals surface area contributed by atoms with Gasteiger partial charge in [0.2, 0.25) is 0 Å². The monoisotopic (exact) mass is 252 g/mol. The summed E-state index contributed by atoms with van der Waals surface area (Å²) in [7, 11) is 1.28. The van der Waals surface area contributed by atoms with Crippen LogP contribution in [0.2, 0.25) is 0 Å². The van der Waals surface area contributed by atoms with Gasteiger partial charge in [0.15, 0.2) is 0 Å². The topological polar surface area (TPSA) is 46.5 Å². The van der Waals surface area contributed by atoms with Crippen LogP contribution in [-0.2, 0) is 10.5 Å². The highest BCUT2D eigenvalue weighted by Gasteiger charge is 2.63. The van der Waals surface area contributed by atoms with E-state index in [4.69, 9.17) is 5.11 Å². The molecule has 1 unspecified atom stereocenters. The first kappa shape index (κ1) is 13.3. The molecule has 0 saturated carbocycles. The average Bonchev–Trinajstić information content (AvgIpc) is 2.26. The van der Waals surface area contributed by atoms with Crippen molar-refractivity contribution in [1.29, 1.82) is 0 Å². The molecule has 0 saturated heterocycles. The molecule has 0 aromatic heterocycles. The van der Waals surface area contributed by atoms with Gasteiger partial charge in [-0.15, -0.1) is 0 Å². The van der Waals surface area contributed by atoms with Gasteiger partial charge < -0.3 is 9.84 Å². The van der Waals surface area contributed by atoms with Crippen molar-refractivity contribution >= 4 is 5.97 Å². The average molecular weight is 252 g/mol. The van der Waals surface area contributed by atoms with Crippen molar-refractivity contribution in [1.82, 2.24) is 0 Å². The fourth-order valence-electron chi connectivity index (χ4n) is 1.23. The van der Waals surface area contributed by atoms with E-state index in [1.165, 1.54) is 7.11 Å². The van der Waals surface area contributed by atoms with Crippen LogP contribution in [0.4, 0.5) is 17.6 Å². The highest BCUT2D eigenvalue weighted by atomic mass is 19.4. The second-order valence-corrected chi connectivity index (χ2v) is 3.19. The zero-order chi connectivity index (χ0) is 13.3. The summed E-state index contributed by atoms with van der Waals surface area (Å²) in [6.07, 6.45) is -5.53. The van der Waals surface area contributed by atoms with Gasteiger partial charge in [0.25, 0.3) is 0 Å². The lowest BCUT2D eigenvalue weighted by Gasteiger charge is -2.23. The third-order valence-corrected chi connectivity index (χ3v) is 2.17. The predicted molar refractivity (Wildman–Crippen MR) is 49.5 cm³/mol. The zero-order valence-electron chi connectivity index (χ0n) is 8.58. The second kappa shape index (κ2) is 4.23. The summed E-state index contributed by atoms with van der Waals surface area (Å²) >= 11 is 0. The first-order chi connectivity index (χ1) is 7.73. The van der Waals surface area contributed by atoms with Crippen LogP contribution < -0.4 is 4.74 Å². The number of rotatable bonds is 3. The normalized spacial score (nSPS) is 15.1. The predicted octanol–water partition coefficient (Wildman–Crippen LogP) is 2.51. The van der Waals surface area contributed by atoms with Crippen LogP contribution in [0, 0.1) is 0 Å². The van der Waals surface area contributed by atoms with E-state index in [9.17, 15) is 22.4 Å². The number of hydrogen-bond donors (Lipinski definition) is 1. The Kier molecular flexibility index (Phi) is 3.30. The minimum Gasteiger partial charge on any atom is -0.497 e. The number of hydrogen-bond acceptors (Lipinski definition) is 2. The fraction of sp³-hybridized carbons (Fsp3) is 0.300. The van der Waals surface area contributed by atoms with Crippen molar-refractivity contribution in [3.63, 3.8) is 0 Å². The van der Waals surface area contributed by atoms with Crippen molar-refractivity contribution in [2.45, 2.75) is 11.8 Å². The summed E-state index contributed by atoms with van der Waals surface area (Å²) < 4.78 is 55.6. The molecule has 0 fully saturated rings. The molecular formula is C10H8F4O3. The van der Waals surface area contributed by atoms with E-state index in [-0.39, 0.29) is 5.75 Å².